The van der Waals surface area contributed by atoms with Gasteiger partial charge in [-0.15, -0.1) is 0 Å². The first-order valence-electron chi connectivity index (χ1n) is 8.53. The number of carbonyl (C=O) groups is 3. The molecule has 0 radical (unpaired) electrons. The van der Waals surface area contributed by atoms with Gasteiger partial charge in [0, 0.05) is 30.8 Å². The lowest BCUT2D eigenvalue weighted by molar-refractivity contribution is -0.144. The summed E-state index contributed by atoms with van der Waals surface area (Å²) in [6, 6.07) is 7.26. The molecule has 6 nitrogen and oxygen atoms in total. The van der Waals surface area contributed by atoms with Gasteiger partial charge in [0.1, 0.15) is 6.54 Å². The molecule has 1 saturated heterocycles. The molecule has 1 aromatic carbocycles. The number of carboxylic acid groups (broad SMARTS) is 1. The lowest BCUT2D eigenvalue weighted by Crippen LogP contribution is -2.40. The van der Waals surface area contributed by atoms with Crippen molar-refractivity contribution >= 4 is 29.5 Å². The van der Waals surface area contributed by atoms with Crippen molar-refractivity contribution in [2.24, 2.45) is 0 Å². The third-order valence-corrected chi connectivity index (χ3v) is 4.41. The normalized spacial score (nSPS) is 15.6. The fraction of sp³-hybridized carbons (Fsp3) is 0.421. The summed E-state index contributed by atoms with van der Waals surface area (Å²) in [7, 11) is 0. The highest BCUT2D eigenvalue weighted by Gasteiger charge is 2.21. The van der Waals surface area contributed by atoms with Gasteiger partial charge in [-0.1, -0.05) is 19.1 Å². The van der Waals surface area contributed by atoms with E-state index in [2.05, 4.69) is 0 Å². The summed E-state index contributed by atoms with van der Waals surface area (Å²) in [5, 5.41) is 8.97. The van der Waals surface area contributed by atoms with Crippen molar-refractivity contribution in [3.8, 4) is 0 Å². The quantitative estimate of drug-likeness (QED) is 0.771. The number of carboxylic acids is 1. The number of amides is 2. The molecule has 2 rings (SSSR count). The van der Waals surface area contributed by atoms with Crippen LogP contribution in [0.5, 0.6) is 0 Å². The molecule has 0 spiro atoms. The topological polar surface area (TPSA) is 77.9 Å². The predicted octanol–water partition coefficient (Wildman–Crippen LogP) is 2.54. The Balaban J connectivity index is 2.05. The smallest absolute Gasteiger partial charge is 0.323 e. The maximum Gasteiger partial charge on any atom is 0.323 e. The van der Waals surface area contributed by atoms with Crippen molar-refractivity contribution in [1.82, 2.24) is 4.90 Å². The minimum absolute atomic E-state index is 0.135. The van der Waals surface area contributed by atoms with E-state index < -0.39 is 5.97 Å². The number of carbonyl (C=O) groups excluding carboxylic acids is 2. The molecule has 1 aromatic rings. The zero-order chi connectivity index (χ0) is 18.4. The highest BCUT2D eigenvalue weighted by atomic mass is 16.4. The molecular formula is C19H24N2O4. The zero-order valence-electron chi connectivity index (χ0n) is 14.6. The van der Waals surface area contributed by atoms with Crippen molar-refractivity contribution in [2.75, 3.05) is 18.0 Å². The molecule has 0 aliphatic carbocycles. The Kier molecular flexibility index (Phi) is 6.33. The first-order valence-corrected chi connectivity index (χ1v) is 8.53. The Morgan fingerprint density at radius 1 is 1.32 bits per heavy atom. The highest BCUT2D eigenvalue weighted by Crippen LogP contribution is 2.22. The Morgan fingerprint density at radius 3 is 2.52 bits per heavy atom. The molecule has 0 bridgehead atoms. The van der Waals surface area contributed by atoms with Crippen LogP contribution in [-0.2, 0) is 14.4 Å². The van der Waals surface area contributed by atoms with Gasteiger partial charge in [-0.3, -0.25) is 14.4 Å². The van der Waals surface area contributed by atoms with Crippen LogP contribution in [0.1, 0.15) is 38.7 Å². The van der Waals surface area contributed by atoms with Gasteiger partial charge in [-0.2, -0.15) is 0 Å². The molecule has 0 aromatic heterocycles. The molecule has 0 saturated carbocycles. The van der Waals surface area contributed by atoms with Crippen LogP contribution in [0.4, 0.5) is 5.69 Å². The molecule has 1 fully saturated rings. The molecule has 1 aliphatic rings. The van der Waals surface area contributed by atoms with Crippen molar-refractivity contribution in [2.45, 2.75) is 39.2 Å². The van der Waals surface area contributed by atoms with Crippen molar-refractivity contribution in [1.29, 1.82) is 0 Å². The van der Waals surface area contributed by atoms with Gasteiger partial charge in [0.2, 0.25) is 11.8 Å². The lowest BCUT2D eigenvalue weighted by Gasteiger charge is -2.25. The van der Waals surface area contributed by atoms with Gasteiger partial charge in [0.25, 0.3) is 0 Å². The van der Waals surface area contributed by atoms with Gasteiger partial charge in [-0.25, -0.2) is 0 Å². The lowest BCUT2D eigenvalue weighted by atomic mass is 10.1. The summed E-state index contributed by atoms with van der Waals surface area (Å²) in [4.78, 5) is 38.1. The van der Waals surface area contributed by atoms with E-state index in [0.717, 1.165) is 24.2 Å². The average Bonchev–Trinajstić information content (AvgIpc) is 3.03. The monoisotopic (exact) mass is 344 g/mol. The Labute approximate surface area is 147 Å². The van der Waals surface area contributed by atoms with Crippen LogP contribution in [0.15, 0.2) is 30.3 Å². The maximum atomic E-state index is 12.3. The number of hydrogen-bond donors (Lipinski definition) is 1. The van der Waals surface area contributed by atoms with Crippen molar-refractivity contribution in [3.63, 3.8) is 0 Å². The summed E-state index contributed by atoms with van der Waals surface area (Å²) < 4.78 is 0. The molecule has 1 unspecified atom stereocenters. The molecule has 2 amide bonds. The fourth-order valence-electron chi connectivity index (χ4n) is 2.77. The molecule has 1 aliphatic heterocycles. The van der Waals surface area contributed by atoms with Crippen LogP contribution < -0.4 is 4.90 Å². The van der Waals surface area contributed by atoms with Gasteiger partial charge < -0.3 is 14.9 Å². The molecule has 134 valence electrons. The van der Waals surface area contributed by atoms with Gasteiger partial charge in [0.05, 0.1) is 0 Å². The second-order valence-corrected chi connectivity index (χ2v) is 6.19. The molecule has 1 N–H and O–H groups in total. The number of hydrogen-bond acceptors (Lipinski definition) is 3. The van der Waals surface area contributed by atoms with Crippen LogP contribution in [0.3, 0.4) is 0 Å². The van der Waals surface area contributed by atoms with E-state index in [1.165, 1.54) is 11.0 Å². The number of nitrogens with zero attached hydrogens (tertiary/aromatic N) is 2. The Hall–Kier alpha value is -2.63. The third-order valence-electron chi connectivity index (χ3n) is 4.41. The third kappa shape index (κ3) is 4.92. The SMILES string of the molecule is CCC(C)N(CC(=O)O)C(=O)C=Cc1ccc(N2CCCC2=O)cc1. The fourth-order valence-corrected chi connectivity index (χ4v) is 2.77. The number of benzene rings is 1. The van der Waals surface area contributed by atoms with E-state index >= 15 is 0 Å². The maximum absolute atomic E-state index is 12.3. The minimum atomic E-state index is -1.03. The van der Waals surface area contributed by atoms with E-state index in [1.54, 1.807) is 11.0 Å². The average molecular weight is 344 g/mol. The van der Waals surface area contributed by atoms with Crippen LogP contribution in [0, 0.1) is 0 Å². The van der Waals surface area contributed by atoms with E-state index in [0.29, 0.717) is 12.8 Å². The van der Waals surface area contributed by atoms with E-state index in [-0.39, 0.29) is 24.4 Å². The van der Waals surface area contributed by atoms with Crippen LogP contribution in [-0.4, -0.2) is 46.9 Å². The Bertz CT molecular complexity index is 667. The van der Waals surface area contributed by atoms with Gasteiger partial charge in [-0.05, 0) is 43.5 Å². The zero-order valence-corrected chi connectivity index (χ0v) is 14.6. The van der Waals surface area contributed by atoms with Crippen molar-refractivity contribution in [3.05, 3.63) is 35.9 Å². The summed E-state index contributed by atoms with van der Waals surface area (Å²) >= 11 is 0. The first kappa shape index (κ1) is 18.7. The molecule has 6 heteroatoms. The number of aliphatic carboxylic acids is 1. The second-order valence-electron chi connectivity index (χ2n) is 6.19. The van der Waals surface area contributed by atoms with Gasteiger partial charge in [0.15, 0.2) is 0 Å². The second kappa shape index (κ2) is 8.46. The Morgan fingerprint density at radius 2 is 2.00 bits per heavy atom. The molecule has 25 heavy (non-hydrogen) atoms. The van der Waals surface area contributed by atoms with E-state index in [1.807, 2.05) is 38.1 Å². The summed E-state index contributed by atoms with van der Waals surface area (Å²) in [6.45, 7) is 4.17. The van der Waals surface area contributed by atoms with Crippen LogP contribution in [0.25, 0.3) is 6.08 Å². The largest absolute Gasteiger partial charge is 0.480 e. The van der Waals surface area contributed by atoms with Crippen LogP contribution in [0.2, 0.25) is 0 Å². The summed E-state index contributed by atoms with van der Waals surface area (Å²) in [5.74, 6) is -1.21. The predicted molar refractivity (Wildman–Crippen MR) is 96.2 cm³/mol. The van der Waals surface area contributed by atoms with E-state index in [4.69, 9.17) is 5.11 Å². The minimum Gasteiger partial charge on any atom is -0.480 e. The molecular weight excluding hydrogens is 320 g/mol. The summed E-state index contributed by atoms with van der Waals surface area (Å²) in [5.41, 5.74) is 1.68. The highest BCUT2D eigenvalue weighted by molar-refractivity contribution is 5.96. The standard InChI is InChI=1S/C19H24N2O4/c1-3-14(2)21(13-19(24)25)18(23)11-8-15-6-9-16(10-7-15)20-12-4-5-17(20)22/h6-11,14H,3-5,12-13H2,1-2H3,(H,24,25). The number of rotatable bonds is 7. The van der Waals surface area contributed by atoms with Gasteiger partial charge >= 0.3 is 5.97 Å². The summed E-state index contributed by atoms with van der Waals surface area (Å²) in [6.07, 6.45) is 5.21. The first-order chi connectivity index (χ1) is 11.9. The van der Waals surface area contributed by atoms with Crippen LogP contribution >= 0.6 is 0 Å². The van der Waals surface area contributed by atoms with Crippen molar-refractivity contribution < 1.29 is 19.5 Å². The van der Waals surface area contributed by atoms with E-state index in [9.17, 15) is 14.4 Å². The number of anilines is 1. The molecule has 1 atom stereocenters. The molecule has 1 heterocycles.